The third kappa shape index (κ3) is 6.07. The Bertz CT molecular complexity index is 2090. The van der Waals surface area contributed by atoms with Gasteiger partial charge in [-0.2, -0.15) is 0 Å². The summed E-state index contributed by atoms with van der Waals surface area (Å²) in [6.07, 6.45) is 5.39. The molecule has 0 aliphatic carbocycles. The van der Waals surface area contributed by atoms with Crippen LogP contribution in [-0.4, -0.2) is 29.3 Å². The molecule has 0 aliphatic rings. The number of rotatable bonds is 12. The average Bonchev–Trinajstić information content (AvgIpc) is 3.76. The van der Waals surface area contributed by atoms with E-state index in [0.717, 1.165) is 70.5 Å². The van der Waals surface area contributed by atoms with Crippen LogP contribution in [0.1, 0.15) is 54.6 Å². The molecule has 0 saturated carbocycles. The molecule has 0 fully saturated rings. The number of benzene rings is 5. The molecule has 244 valence electrons. The number of aryl methyl sites for hydroxylation is 2. The van der Waals surface area contributed by atoms with Crippen LogP contribution in [0.2, 0.25) is 0 Å². The van der Waals surface area contributed by atoms with Crippen molar-refractivity contribution in [3.63, 3.8) is 0 Å². The summed E-state index contributed by atoms with van der Waals surface area (Å²) in [5, 5.41) is 13.8. The minimum Gasteiger partial charge on any atom is -0.324 e. The maximum atomic E-state index is 5.91. The zero-order valence-electron chi connectivity index (χ0n) is 28.0. The van der Waals surface area contributed by atoms with Gasteiger partial charge < -0.3 is 9.13 Å². The van der Waals surface area contributed by atoms with Crippen LogP contribution in [0, 0.1) is 4.77 Å². The second-order valence-corrected chi connectivity index (χ2v) is 12.8. The average molecular weight is 661 g/mol. The fourth-order valence-electron chi connectivity index (χ4n) is 7.00. The van der Waals surface area contributed by atoms with Gasteiger partial charge in [0.1, 0.15) is 5.54 Å². The van der Waals surface area contributed by atoms with Gasteiger partial charge >= 0.3 is 0 Å². The van der Waals surface area contributed by atoms with Crippen molar-refractivity contribution in [2.45, 2.75) is 51.7 Å². The second kappa shape index (κ2) is 14.4. The first-order chi connectivity index (χ1) is 24.1. The van der Waals surface area contributed by atoms with Crippen molar-refractivity contribution in [1.82, 2.24) is 29.3 Å². The van der Waals surface area contributed by atoms with Crippen molar-refractivity contribution < 1.29 is 0 Å². The first-order valence-corrected chi connectivity index (χ1v) is 17.5. The number of hydrogen-bond acceptors (Lipinski definition) is 4. The van der Waals surface area contributed by atoms with Gasteiger partial charge in [0.25, 0.3) is 0 Å². The van der Waals surface area contributed by atoms with Gasteiger partial charge in [-0.3, -0.25) is 0 Å². The number of nitrogens with zero attached hydrogens (tertiary/aromatic N) is 6. The summed E-state index contributed by atoms with van der Waals surface area (Å²) in [6.45, 7) is 6.10. The fourth-order valence-corrected chi connectivity index (χ4v) is 7.32. The van der Waals surface area contributed by atoms with E-state index >= 15 is 0 Å². The molecule has 0 bridgehead atoms. The third-order valence-electron chi connectivity index (χ3n) is 9.23. The van der Waals surface area contributed by atoms with Crippen molar-refractivity contribution in [3.8, 4) is 22.5 Å². The van der Waals surface area contributed by atoms with Gasteiger partial charge in [-0.15, -0.1) is 5.10 Å². The fraction of sp³-hybridized carbons (Fsp3) is 0.190. The van der Waals surface area contributed by atoms with Crippen molar-refractivity contribution in [2.75, 3.05) is 0 Å². The molecule has 0 atom stereocenters. The van der Waals surface area contributed by atoms with E-state index in [2.05, 4.69) is 156 Å². The lowest BCUT2D eigenvalue weighted by Gasteiger charge is -2.36. The summed E-state index contributed by atoms with van der Waals surface area (Å²) in [6, 6.07) is 48.8. The lowest BCUT2D eigenvalue weighted by atomic mass is 9.77. The van der Waals surface area contributed by atoms with Crippen LogP contribution in [-0.2, 0) is 25.0 Å². The summed E-state index contributed by atoms with van der Waals surface area (Å²) < 4.78 is 7.40. The molecule has 5 aromatic carbocycles. The summed E-state index contributed by atoms with van der Waals surface area (Å²) in [5.41, 5.74) is 7.99. The molecule has 0 spiro atoms. The number of aromatic nitrogens is 6. The molecule has 7 rings (SSSR count). The van der Waals surface area contributed by atoms with Gasteiger partial charge in [-0.05, 0) is 68.9 Å². The Morgan fingerprint density at radius 3 is 1.73 bits per heavy atom. The molecule has 49 heavy (non-hydrogen) atoms. The largest absolute Gasteiger partial charge is 0.324 e. The van der Waals surface area contributed by atoms with Crippen molar-refractivity contribution in [1.29, 1.82) is 0 Å². The summed E-state index contributed by atoms with van der Waals surface area (Å²) in [5.74, 6) is 0.684. The van der Waals surface area contributed by atoms with E-state index in [1.54, 1.807) is 0 Å². The van der Waals surface area contributed by atoms with Crippen LogP contribution in [0.3, 0.4) is 0 Å². The summed E-state index contributed by atoms with van der Waals surface area (Å²) >= 11 is 5.91. The Labute approximate surface area is 293 Å². The third-order valence-corrected chi connectivity index (χ3v) is 9.69. The molecule has 2 heterocycles. The van der Waals surface area contributed by atoms with Gasteiger partial charge in [-0.25, -0.2) is 4.68 Å². The summed E-state index contributed by atoms with van der Waals surface area (Å²) in [4.78, 5) is 0. The lowest BCUT2D eigenvalue weighted by Crippen LogP contribution is -2.39. The monoisotopic (exact) mass is 660 g/mol. The van der Waals surface area contributed by atoms with E-state index in [-0.39, 0.29) is 0 Å². The molecule has 6 nitrogen and oxygen atoms in total. The zero-order valence-corrected chi connectivity index (χ0v) is 28.8. The standard InChI is InChI=1S/C42H40N6S/c1-3-16-37-31-46(29-4-2)41(49)47(37)30-32-25-27-33(28-26-32)38-23-14-15-24-39(38)40-43-44-45-48(40)42(34-17-8-5-9-18-34,35-19-10-6-11-20-35)36-21-12-7-13-22-36/h5-15,17-28,31H,3-4,16,29-30H2,1-2H3. The Hall–Kier alpha value is -5.40. The highest BCUT2D eigenvalue weighted by Crippen LogP contribution is 2.43. The molecule has 0 amide bonds. The molecule has 0 saturated heterocycles. The minimum absolute atomic E-state index is 0.684. The molecule has 2 aromatic heterocycles. The smallest absolute Gasteiger partial charge is 0.184 e. The van der Waals surface area contributed by atoms with Crippen molar-refractivity contribution in [2.24, 2.45) is 0 Å². The van der Waals surface area contributed by atoms with Crippen LogP contribution in [0.5, 0.6) is 0 Å². The predicted molar refractivity (Wildman–Crippen MR) is 200 cm³/mol. The highest BCUT2D eigenvalue weighted by molar-refractivity contribution is 7.71. The Kier molecular flexibility index (Phi) is 9.44. The van der Waals surface area contributed by atoms with E-state index in [9.17, 15) is 0 Å². The molecule has 0 N–H and O–H groups in total. The maximum absolute atomic E-state index is 5.91. The zero-order chi connectivity index (χ0) is 33.6. The molecule has 0 radical (unpaired) electrons. The van der Waals surface area contributed by atoms with Crippen LogP contribution >= 0.6 is 12.2 Å². The highest BCUT2D eigenvalue weighted by Gasteiger charge is 2.42. The SMILES string of the molecule is CCCc1cn(CCC)c(=S)n1Cc1ccc(-c2ccccc2-c2nnnn2C(c2ccccc2)(c2ccccc2)c2ccccc2)cc1. The molecular formula is C42H40N6S. The molecule has 7 aromatic rings. The van der Waals surface area contributed by atoms with E-state index in [4.69, 9.17) is 22.5 Å². The molecule has 7 heteroatoms. The minimum atomic E-state index is -0.830. The highest BCUT2D eigenvalue weighted by atomic mass is 32.1. The first kappa shape index (κ1) is 32.2. The van der Waals surface area contributed by atoms with Crippen LogP contribution < -0.4 is 0 Å². The molecule has 0 unspecified atom stereocenters. The van der Waals surface area contributed by atoms with Gasteiger partial charge in [0.15, 0.2) is 10.6 Å². The second-order valence-electron chi connectivity index (χ2n) is 12.4. The summed E-state index contributed by atoms with van der Waals surface area (Å²) in [7, 11) is 0. The predicted octanol–water partition coefficient (Wildman–Crippen LogP) is 9.59. The maximum Gasteiger partial charge on any atom is 0.184 e. The van der Waals surface area contributed by atoms with Crippen LogP contribution in [0.15, 0.2) is 146 Å². The Morgan fingerprint density at radius 2 is 1.18 bits per heavy atom. The number of tetrazole rings is 1. The van der Waals surface area contributed by atoms with Crippen LogP contribution in [0.25, 0.3) is 22.5 Å². The first-order valence-electron chi connectivity index (χ1n) is 17.1. The van der Waals surface area contributed by atoms with E-state index in [1.807, 2.05) is 22.9 Å². The van der Waals surface area contributed by atoms with E-state index < -0.39 is 5.54 Å². The van der Waals surface area contributed by atoms with Crippen molar-refractivity contribution in [3.05, 3.63) is 178 Å². The Balaban J connectivity index is 1.34. The van der Waals surface area contributed by atoms with Crippen molar-refractivity contribution >= 4 is 12.2 Å². The number of imidazole rings is 1. The molecular weight excluding hydrogens is 621 g/mol. The Morgan fingerprint density at radius 1 is 0.633 bits per heavy atom. The normalized spacial score (nSPS) is 11.6. The topological polar surface area (TPSA) is 53.5 Å². The van der Waals surface area contributed by atoms with Gasteiger partial charge in [0, 0.05) is 24.0 Å². The lowest BCUT2D eigenvalue weighted by molar-refractivity contribution is 0.451. The number of hydrogen-bond donors (Lipinski definition) is 0. The van der Waals surface area contributed by atoms with Gasteiger partial charge in [-0.1, -0.05) is 160 Å². The van der Waals surface area contributed by atoms with Gasteiger partial charge in [0.05, 0.1) is 6.54 Å². The van der Waals surface area contributed by atoms with E-state index in [1.165, 1.54) is 11.3 Å². The van der Waals surface area contributed by atoms with Gasteiger partial charge in [0.2, 0.25) is 0 Å². The van der Waals surface area contributed by atoms with Crippen LogP contribution in [0.4, 0.5) is 0 Å². The molecule has 0 aliphatic heterocycles. The quantitative estimate of drug-likeness (QED) is 0.0968. The van der Waals surface area contributed by atoms with E-state index in [0.29, 0.717) is 5.82 Å².